The predicted molar refractivity (Wildman–Crippen MR) is 147 cm³/mol. The number of hydrogen-bond acceptors (Lipinski definition) is 2. The van der Waals surface area contributed by atoms with Crippen LogP contribution in [0.25, 0.3) is 5.69 Å². The van der Waals surface area contributed by atoms with Crippen molar-refractivity contribution in [2.24, 2.45) is 0 Å². The molecule has 0 aliphatic heterocycles. The largest absolute Gasteiger partial charge is 0.418 e. The smallest absolute Gasteiger partial charge is 0.321 e. The summed E-state index contributed by atoms with van der Waals surface area (Å²) in [6, 6.07) is 26.7. The minimum absolute atomic E-state index is 0.0415. The fourth-order valence-corrected chi connectivity index (χ4v) is 4.97. The number of anilines is 1. The first kappa shape index (κ1) is 27.7. The third-order valence-electron chi connectivity index (χ3n) is 6.80. The van der Waals surface area contributed by atoms with Gasteiger partial charge in [-0.2, -0.15) is 18.4 Å². The maximum atomic E-state index is 14.0. The molecule has 0 saturated carbocycles. The lowest BCUT2D eigenvalue weighted by molar-refractivity contribution is -0.138. The maximum absolute atomic E-state index is 14.0. The van der Waals surface area contributed by atoms with Crippen LogP contribution in [0.2, 0.25) is 0 Å². The first-order valence-corrected chi connectivity index (χ1v) is 13.0. The molecule has 1 aromatic heterocycles. The van der Waals surface area contributed by atoms with Crippen molar-refractivity contribution in [2.45, 2.75) is 51.6 Å². The molecule has 1 amide bonds. The van der Waals surface area contributed by atoms with Gasteiger partial charge in [0, 0.05) is 23.0 Å². The lowest BCUT2D eigenvalue weighted by Gasteiger charge is -2.19. The van der Waals surface area contributed by atoms with Crippen LogP contribution in [-0.2, 0) is 12.6 Å². The van der Waals surface area contributed by atoms with Crippen LogP contribution in [0.5, 0.6) is 0 Å². The number of amides is 1. The fraction of sp³-hybridized carbons (Fsp3) is 0.250. The Morgan fingerprint density at radius 1 is 0.949 bits per heavy atom. The molecule has 7 heteroatoms. The van der Waals surface area contributed by atoms with Gasteiger partial charge in [0.2, 0.25) is 0 Å². The van der Waals surface area contributed by atoms with E-state index in [1.165, 1.54) is 16.2 Å². The Bertz CT molecular complexity index is 1480. The van der Waals surface area contributed by atoms with Crippen molar-refractivity contribution in [3.8, 4) is 11.8 Å². The molecule has 0 aliphatic rings. The van der Waals surface area contributed by atoms with E-state index >= 15 is 0 Å². The number of nitriles is 1. The number of unbranched alkanes of at least 4 members (excludes halogenated alkanes) is 1. The highest BCUT2D eigenvalue weighted by Gasteiger charge is 2.37. The van der Waals surface area contributed by atoms with Crippen molar-refractivity contribution >= 4 is 11.6 Å². The van der Waals surface area contributed by atoms with Crippen LogP contribution >= 0.6 is 0 Å². The Labute approximate surface area is 226 Å². The molecule has 1 unspecified atom stereocenters. The Balaban J connectivity index is 1.74. The van der Waals surface area contributed by atoms with Gasteiger partial charge in [-0.05, 0) is 60.4 Å². The summed E-state index contributed by atoms with van der Waals surface area (Å²) in [5, 5.41) is 12.2. The minimum atomic E-state index is -4.64. The van der Waals surface area contributed by atoms with E-state index in [9.17, 15) is 23.2 Å². The van der Waals surface area contributed by atoms with Crippen LogP contribution in [0, 0.1) is 11.3 Å². The molecule has 0 spiro atoms. The van der Waals surface area contributed by atoms with E-state index in [2.05, 4.69) is 24.4 Å². The maximum Gasteiger partial charge on any atom is 0.418 e. The summed E-state index contributed by atoms with van der Waals surface area (Å²) in [5.41, 5.74) is 2.25. The molecule has 0 saturated heterocycles. The van der Waals surface area contributed by atoms with Crippen LogP contribution in [0.4, 0.5) is 18.9 Å². The number of halogens is 3. The molecule has 0 aliphatic carbocycles. The third-order valence-corrected chi connectivity index (χ3v) is 6.80. The Kier molecular flexibility index (Phi) is 8.55. The standard InChI is InChI=1S/C32H30F3N3O/c1-3-5-17-27(23-12-7-6-8-13-23)24-14-10-15-25(19-24)37-31(39)30-20-28(32(33,34)35)29(4-2)38(30)26-16-9-11-22(18-26)21-36/h6-16,18-20,27H,3-5,17H2,1-2H3,(H,37,39). The Hall–Kier alpha value is -4.31. The molecule has 4 aromatic rings. The number of carbonyl (C=O) groups excluding carboxylic acids is 1. The topological polar surface area (TPSA) is 57.8 Å². The number of aromatic nitrogens is 1. The van der Waals surface area contributed by atoms with Gasteiger partial charge in [0.25, 0.3) is 5.91 Å². The van der Waals surface area contributed by atoms with Crippen LogP contribution in [-0.4, -0.2) is 10.5 Å². The molecule has 4 rings (SSSR count). The molecule has 0 radical (unpaired) electrons. The van der Waals surface area contributed by atoms with Crippen LogP contribution in [0.3, 0.4) is 0 Å². The van der Waals surface area contributed by atoms with E-state index in [0.29, 0.717) is 11.4 Å². The number of carbonyl (C=O) groups is 1. The van der Waals surface area contributed by atoms with Crippen molar-refractivity contribution in [3.05, 3.63) is 119 Å². The molecule has 1 N–H and O–H groups in total. The average molecular weight is 530 g/mol. The van der Waals surface area contributed by atoms with E-state index in [-0.39, 0.29) is 29.3 Å². The highest BCUT2D eigenvalue weighted by molar-refractivity contribution is 6.04. The number of nitrogens with one attached hydrogen (secondary N) is 1. The second kappa shape index (κ2) is 12.0. The minimum Gasteiger partial charge on any atom is -0.321 e. The van der Waals surface area contributed by atoms with E-state index in [1.807, 2.05) is 42.5 Å². The predicted octanol–water partition coefficient (Wildman–Crippen LogP) is 8.50. The molecular formula is C32H30F3N3O. The van der Waals surface area contributed by atoms with Gasteiger partial charge in [0.05, 0.1) is 17.2 Å². The van der Waals surface area contributed by atoms with Crippen molar-refractivity contribution in [3.63, 3.8) is 0 Å². The first-order valence-electron chi connectivity index (χ1n) is 13.0. The van der Waals surface area contributed by atoms with Gasteiger partial charge in [-0.25, -0.2) is 0 Å². The number of nitrogens with zero attached hydrogens (tertiary/aromatic N) is 2. The zero-order valence-corrected chi connectivity index (χ0v) is 21.9. The highest BCUT2D eigenvalue weighted by Crippen LogP contribution is 2.37. The van der Waals surface area contributed by atoms with E-state index in [0.717, 1.165) is 30.9 Å². The highest BCUT2D eigenvalue weighted by atomic mass is 19.4. The van der Waals surface area contributed by atoms with Gasteiger partial charge in [0.1, 0.15) is 5.69 Å². The summed E-state index contributed by atoms with van der Waals surface area (Å²) < 4.78 is 43.3. The van der Waals surface area contributed by atoms with Crippen molar-refractivity contribution in [1.82, 2.24) is 4.57 Å². The molecule has 200 valence electrons. The molecule has 0 fully saturated rings. The number of alkyl halides is 3. The third kappa shape index (κ3) is 6.23. The average Bonchev–Trinajstić information content (AvgIpc) is 3.35. The van der Waals surface area contributed by atoms with Crippen LogP contribution < -0.4 is 5.32 Å². The Morgan fingerprint density at radius 3 is 2.33 bits per heavy atom. The van der Waals surface area contributed by atoms with Crippen molar-refractivity contribution in [1.29, 1.82) is 5.26 Å². The van der Waals surface area contributed by atoms with Crippen LogP contribution in [0.15, 0.2) is 84.9 Å². The second-order valence-corrected chi connectivity index (χ2v) is 9.42. The number of benzene rings is 3. The zero-order chi connectivity index (χ0) is 28.0. The lowest BCUT2D eigenvalue weighted by atomic mass is 9.87. The summed E-state index contributed by atoms with van der Waals surface area (Å²) in [4.78, 5) is 13.5. The van der Waals surface area contributed by atoms with Gasteiger partial charge < -0.3 is 9.88 Å². The van der Waals surface area contributed by atoms with E-state index in [4.69, 9.17) is 0 Å². The van der Waals surface area contributed by atoms with Gasteiger partial charge in [-0.3, -0.25) is 4.79 Å². The van der Waals surface area contributed by atoms with Gasteiger partial charge in [-0.15, -0.1) is 0 Å². The lowest BCUT2D eigenvalue weighted by Crippen LogP contribution is -2.17. The fourth-order valence-electron chi connectivity index (χ4n) is 4.97. The van der Waals surface area contributed by atoms with Crippen molar-refractivity contribution < 1.29 is 18.0 Å². The normalized spacial score (nSPS) is 12.1. The van der Waals surface area contributed by atoms with E-state index < -0.39 is 17.6 Å². The van der Waals surface area contributed by atoms with Gasteiger partial charge in [-0.1, -0.05) is 75.2 Å². The Morgan fingerprint density at radius 2 is 1.67 bits per heavy atom. The number of rotatable bonds is 9. The SMILES string of the molecule is CCCCC(c1ccccc1)c1cccc(NC(=O)c2cc(C(F)(F)F)c(CC)n2-c2cccc(C#N)c2)c1. The van der Waals surface area contributed by atoms with Gasteiger partial charge in [0.15, 0.2) is 0 Å². The van der Waals surface area contributed by atoms with Gasteiger partial charge >= 0.3 is 6.18 Å². The summed E-state index contributed by atoms with van der Waals surface area (Å²) in [7, 11) is 0. The summed E-state index contributed by atoms with van der Waals surface area (Å²) in [6.07, 6.45) is -1.58. The quantitative estimate of drug-likeness (QED) is 0.236. The van der Waals surface area contributed by atoms with Crippen molar-refractivity contribution in [2.75, 3.05) is 5.32 Å². The molecule has 39 heavy (non-hydrogen) atoms. The summed E-state index contributed by atoms with van der Waals surface area (Å²) >= 11 is 0. The summed E-state index contributed by atoms with van der Waals surface area (Å²) in [6.45, 7) is 3.75. The molecule has 1 heterocycles. The molecule has 4 nitrogen and oxygen atoms in total. The van der Waals surface area contributed by atoms with Crippen LogP contribution in [0.1, 0.15) is 77.5 Å². The molecular weight excluding hydrogens is 499 g/mol. The second-order valence-electron chi connectivity index (χ2n) is 9.42. The molecule has 0 bridgehead atoms. The first-order chi connectivity index (χ1) is 18.8. The molecule has 1 atom stereocenters. The number of hydrogen-bond donors (Lipinski definition) is 1. The monoisotopic (exact) mass is 529 g/mol. The summed E-state index contributed by atoms with van der Waals surface area (Å²) in [5.74, 6) is -0.534. The zero-order valence-electron chi connectivity index (χ0n) is 21.9. The molecule has 3 aromatic carbocycles. The van der Waals surface area contributed by atoms with E-state index in [1.54, 1.807) is 31.2 Å².